The zero-order chi connectivity index (χ0) is 19.3. The van der Waals surface area contributed by atoms with Crippen LogP contribution in [0.25, 0.3) is 16.6 Å². The summed E-state index contributed by atoms with van der Waals surface area (Å²) in [6, 6.07) is 17.1. The van der Waals surface area contributed by atoms with E-state index in [2.05, 4.69) is 21.4 Å². The number of hydrogen-bond acceptors (Lipinski definition) is 3. The molecule has 28 heavy (non-hydrogen) atoms. The van der Waals surface area contributed by atoms with Gasteiger partial charge in [-0.1, -0.05) is 36.4 Å². The van der Waals surface area contributed by atoms with Crippen LogP contribution in [0, 0.1) is 4.77 Å². The summed E-state index contributed by atoms with van der Waals surface area (Å²) in [4.78, 5) is 19.0. The van der Waals surface area contributed by atoms with Gasteiger partial charge in [0.2, 0.25) is 5.88 Å². The van der Waals surface area contributed by atoms with Crippen molar-refractivity contribution < 1.29 is 10.4 Å². The highest BCUT2D eigenvalue weighted by atomic mass is 32.1. The van der Waals surface area contributed by atoms with Gasteiger partial charge in [0.25, 0.3) is 5.56 Å². The van der Waals surface area contributed by atoms with Crippen molar-refractivity contribution in [3.63, 3.8) is 0 Å². The number of hydrogen-bond donors (Lipinski definition) is 4. The van der Waals surface area contributed by atoms with E-state index >= 15 is 0 Å². The predicted molar refractivity (Wildman–Crippen MR) is 110 cm³/mol. The molecule has 7 heteroatoms. The smallest absolute Gasteiger partial charge is 0.265 e. The Bertz CT molecular complexity index is 1300. The van der Waals surface area contributed by atoms with Crippen LogP contribution >= 0.6 is 12.2 Å². The average molecular weight is 391 g/mol. The molecule has 2 aromatic heterocycles. The average Bonchev–Trinajstić information content (AvgIpc) is 3.08. The summed E-state index contributed by atoms with van der Waals surface area (Å²) >= 11 is 5.33. The minimum atomic E-state index is -0.359. The van der Waals surface area contributed by atoms with Crippen LogP contribution in [0.2, 0.25) is 0 Å². The maximum atomic E-state index is 12.8. The molecule has 1 aliphatic heterocycles. The van der Waals surface area contributed by atoms with Crippen molar-refractivity contribution in [2.45, 2.75) is 12.5 Å². The van der Waals surface area contributed by atoms with Crippen molar-refractivity contribution in [1.29, 1.82) is 0 Å². The number of para-hydroxylation sites is 2. The lowest BCUT2D eigenvalue weighted by molar-refractivity contribution is -0.690. The van der Waals surface area contributed by atoms with E-state index < -0.39 is 0 Å². The molecule has 0 aliphatic carbocycles. The van der Waals surface area contributed by atoms with Crippen LogP contribution in [0.15, 0.2) is 59.4 Å². The van der Waals surface area contributed by atoms with Gasteiger partial charge < -0.3 is 15.4 Å². The maximum Gasteiger partial charge on any atom is 0.265 e. The highest BCUT2D eigenvalue weighted by Gasteiger charge is 2.34. The van der Waals surface area contributed by atoms with Gasteiger partial charge in [-0.05, 0) is 36.0 Å². The van der Waals surface area contributed by atoms with Crippen LogP contribution < -0.4 is 10.9 Å². The molecule has 0 saturated carbocycles. The van der Waals surface area contributed by atoms with Crippen LogP contribution in [-0.2, 0) is 6.42 Å². The monoisotopic (exact) mass is 391 g/mol. The van der Waals surface area contributed by atoms with Gasteiger partial charge in [0.15, 0.2) is 10.8 Å². The molecule has 0 spiro atoms. The quantitative estimate of drug-likeness (QED) is 0.395. The summed E-state index contributed by atoms with van der Waals surface area (Å²) in [5.74, 6) is -0.118. The molecule has 0 amide bonds. The number of benzene rings is 2. The summed E-state index contributed by atoms with van der Waals surface area (Å²) < 4.78 is 1.68. The summed E-state index contributed by atoms with van der Waals surface area (Å²) in [6.45, 7) is 0.833. The van der Waals surface area contributed by atoms with Crippen molar-refractivity contribution in [3.8, 4) is 11.6 Å². The first kappa shape index (κ1) is 17.0. The second kappa shape index (κ2) is 6.47. The molecule has 2 aromatic carbocycles. The van der Waals surface area contributed by atoms with E-state index in [0.29, 0.717) is 11.3 Å². The van der Waals surface area contributed by atoms with E-state index in [0.717, 1.165) is 24.2 Å². The molecular weight excluding hydrogens is 372 g/mol. The number of aromatic nitrogens is 3. The number of nitrogens with one attached hydrogen (secondary N) is 2. The molecule has 0 saturated heterocycles. The molecule has 6 nitrogen and oxygen atoms in total. The Morgan fingerprint density at radius 1 is 1.07 bits per heavy atom. The first-order valence-electron chi connectivity index (χ1n) is 9.21. The summed E-state index contributed by atoms with van der Waals surface area (Å²) in [7, 11) is 0. The molecule has 0 bridgehead atoms. The van der Waals surface area contributed by atoms with Crippen molar-refractivity contribution in [3.05, 3.63) is 86.5 Å². The third-order valence-corrected chi connectivity index (χ3v) is 5.69. The van der Waals surface area contributed by atoms with Gasteiger partial charge in [0.1, 0.15) is 5.56 Å². The SMILES string of the molecule is O=c1[nH]c(=S)n(-c2ccccc2)c(O)c1[C@H]1[NH2+]CCc2c1[nH]c1ccccc21. The molecule has 5 N–H and O–H groups in total. The highest BCUT2D eigenvalue weighted by molar-refractivity contribution is 7.71. The summed E-state index contributed by atoms with van der Waals surface area (Å²) in [5.41, 5.74) is 3.86. The largest absolute Gasteiger partial charge is 0.494 e. The zero-order valence-electron chi connectivity index (χ0n) is 15.0. The number of nitrogens with zero attached hydrogens (tertiary/aromatic N) is 1. The van der Waals surface area contributed by atoms with Crippen LogP contribution in [0.1, 0.15) is 22.9 Å². The van der Waals surface area contributed by atoms with Gasteiger partial charge in [-0.2, -0.15) is 0 Å². The Hall–Kier alpha value is -3.16. The van der Waals surface area contributed by atoms with Crippen molar-refractivity contribution >= 4 is 23.1 Å². The van der Waals surface area contributed by atoms with Gasteiger partial charge in [0, 0.05) is 17.3 Å². The highest BCUT2D eigenvalue weighted by Crippen LogP contribution is 2.33. The molecule has 0 fully saturated rings. The molecule has 0 radical (unpaired) electrons. The van der Waals surface area contributed by atoms with Crippen molar-refractivity contribution in [2.24, 2.45) is 0 Å². The number of quaternary nitrogens is 1. The van der Waals surface area contributed by atoms with Crippen molar-refractivity contribution in [1.82, 2.24) is 14.5 Å². The number of H-pyrrole nitrogens is 2. The Labute approximate surface area is 165 Å². The van der Waals surface area contributed by atoms with Crippen LogP contribution in [0.5, 0.6) is 5.88 Å². The van der Waals surface area contributed by atoms with E-state index in [1.54, 1.807) is 0 Å². The first-order chi connectivity index (χ1) is 13.6. The van der Waals surface area contributed by atoms with E-state index in [9.17, 15) is 9.90 Å². The van der Waals surface area contributed by atoms with Crippen molar-refractivity contribution in [2.75, 3.05) is 6.54 Å². The Morgan fingerprint density at radius 3 is 2.64 bits per heavy atom. The van der Waals surface area contributed by atoms with Gasteiger partial charge in [-0.25, -0.2) is 0 Å². The third-order valence-electron chi connectivity index (χ3n) is 5.40. The topological polar surface area (TPSA) is 90.4 Å². The third kappa shape index (κ3) is 2.51. The van der Waals surface area contributed by atoms with Gasteiger partial charge in [-0.15, -0.1) is 0 Å². The Kier molecular flexibility index (Phi) is 3.92. The van der Waals surface area contributed by atoms with Crippen LogP contribution in [0.4, 0.5) is 0 Å². The zero-order valence-corrected chi connectivity index (χ0v) is 15.8. The van der Waals surface area contributed by atoms with E-state index in [1.807, 2.05) is 48.5 Å². The number of nitrogens with two attached hydrogens (primary N) is 1. The van der Waals surface area contributed by atoms with Gasteiger partial charge >= 0.3 is 0 Å². The van der Waals surface area contributed by atoms with Gasteiger partial charge in [-0.3, -0.25) is 14.3 Å². The molecule has 3 heterocycles. The first-order valence-corrected chi connectivity index (χ1v) is 9.62. The van der Waals surface area contributed by atoms with Crippen LogP contribution in [0.3, 0.4) is 0 Å². The number of fused-ring (bicyclic) bond motifs is 3. The van der Waals surface area contributed by atoms with Crippen LogP contribution in [-0.4, -0.2) is 26.2 Å². The predicted octanol–water partition coefficient (Wildman–Crippen LogP) is 2.29. The number of rotatable bonds is 2. The lowest BCUT2D eigenvalue weighted by Crippen LogP contribution is -2.87. The second-order valence-electron chi connectivity index (χ2n) is 6.98. The minimum absolute atomic E-state index is 0.118. The molecule has 140 valence electrons. The van der Waals surface area contributed by atoms with E-state index in [-0.39, 0.29) is 22.3 Å². The molecule has 0 unspecified atom stereocenters. The fourth-order valence-corrected chi connectivity index (χ4v) is 4.45. The van der Waals surface area contributed by atoms with E-state index in [1.165, 1.54) is 15.5 Å². The Morgan fingerprint density at radius 2 is 1.82 bits per heavy atom. The molecule has 5 rings (SSSR count). The second-order valence-corrected chi connectivity index (χ2v) is 7.37. The lowest BCUT2D eigenvalue weighted by Gasteiger charge is -2.22. The molecule has 4 aromatic rings. The normalized spacial score (nSPS) is 16.2. The fraction of sp³-hybridized carbons (Fsp3) is 0.143. The van der Waals surface area contributed by atoms with E-state index in [4.69, 9.17) is 12.2 Å². The minimum Gasteiger partial charge on any atom is -0.494 e. The fourth-order valence-electron chi connectivity index (χ4n) is 4.17. The lowest BCUT2D eigenvalue weighted by atomic mass is 9.95. The molecule has 1 atom stereocenters. The summed E-state index contributed by atoms with van der Waals surface area (Å²) in [5, 5.41) is 14.4. The van der Waals surface area contributed by atoms with Gasteiger partial charge in [0.05, 0.1) is 17.9 Å². The molecule has 1 aliphatic rings. The number of aromatic hydroxyl groups is 1. The Balaban J connectivity index is 1.76. The maximum absolute atomic E-state index is 12.8. The standard InChI is InChI=1S/C21H18N4O2S/c26-19-16(20(27)25(21(28)24-19)12-6-2-1-3-7-12)18-17-14(10-11-22-18)13-8-4-5-9-15(13)23-17/h1-9,18,22-23,27H,10-11H2,(H,24,26,28)/p+1/t18-/m1/s1. The number of aromatic amines is 2. The summed E-state index contributed by atoms with van der Waals surface area (Å²) in [6.07, 6.45) is 0.909. The molecular formula is C21H19N4O2S+.